The molecule has 0 spiro atoms. The van der Waals surface area contributed by atoms with Crippen LogP contribution in [0.1, 0.15) is 39.4 Å². The zero-order chi connectivity index (χ0) is 18.3. The van der Waals surface area contributed by atoms with Crippen molar-refractivity contribution in [1.29, 1.82) is 0 Å². The number of piperidine rings is 1. The average molecular weight is 358 g/mol. The molecular weight excluding hydrogens is 326 g/mol. The maximum atomic E-state index is 4.81. The van der Waals surface area contributed by atoms with Crippen molar-refractivity contribution in [3.8, 4) is 0 Å². The summed E-state index contributed by atoms with van der Waals surface area (Å²) in [5.74, 6) is 2.66. The van der Waals surface area contributed by atoms with Gasteiger partial charge in [0.15, 0.2) is 11.5 Å². The van der Waals surface area contributed by atoms with Gasteiger partial charge in [0, 0.05) is 37.0 Å². The Bertz CT molecular complexity index is 749. The Morgan fingerprint density at radius 3 is 2.54 bits per heavy atom. The highest BCUT2D eigenvalue weighted by Crippen LogP contribution is 2.25. The number of hydrogen-bond acceptors (Lipinski definition) is 6. The third kappa shape index (κ3) is 3.55. The number of rotatable bonds is 4. The van der Waals surface area contributed by atoms with Gasteiger partial charge in [0.25, 0.3) is 0 Å². The molecule has 2 saturated heterocycles. The Morgan fingerprint density at radius 1 is 1.12 bits per heavy atom. The van der Waals surface area contributed by atoms with Gasteiger partial charge in [-0.15, -0.1) is 15.3 Å². The predicted molar refractivity (Wildman–Crippen MR) is 104 cm³/mol. The lowest BCUT2D eigenvalue weighted by molar-refractivity contribution is 0.225. The molecule has 0 aliphatic carbocycles. The Morgan fingerprint density at radius 2 is 1.85 bits per heavy atom. The molecule has 0 aromatic carbocycles. The molecule has 2 aliphatic rings. The molecule has 7 heteroatoms. The summed E-state index contributed by atoms with van der Waals surface area (Å²) >= 11 is 0. The van der Waals surface area contributed by atoms with Crippen LogP contribution in [0, 0.1) is 5.92 Å². The predicted octanol–water partition coefficient (Wildman–Crippen LogP) is 1.54. The molecule has 0 radical (unpaired) electrons. The standard InChI is InChI=1S/C19H31N7/c1-19(2,3)18-22-21-16-5-6-17(23-26(16)18)25-12-14(13-25)11-20-15-7-9-24(4)10-8-15/h5-6,14-15,20H,7-13H2,1-4H3. The molecule has 26 heavy (non-hydrogen) atoms. The molecule has 1 N–H and O–H groups in total. The summed E-state index contributed by atoms with van der Waals surface area (Å²) in [4.78, 5) is 4.77. The Balaban J connectivity index is 1.34. The van der Waals surface area contributed by atoms with Crippen molar-refractivity contribution >= 4 is 11.5 Å². The topological polar surface area (TPSA) is 61.6 Å². The maximum absolute atomic E-state index is 4.81. The van der Waals surface area contributed by atoms with Gasteiger partial charge in [-0.05, 0) is 45.1 Å². The minimum Gasteiger partial charge on any atom is -0.354 e. The molecule has 0 unspecified atom stereocenters. The molecule has 0 bridgehead atoms. The molecule has 7 nitrogen and oxygen atoms in total. The molecule has 0 atom stereocenters. The fourth-order valence-electron chi connectivity index (χ4n) is 3.85. The zero-order valence-electron chi connectivity index (χ0n) is 16.4. The van der Waals surface area contributed by atoms with Gasteiger partial charge in [0.05, 0.1) is 0 Å². The first-order chi connectivity index (χ1) is 12.4. The van der Waals surface area contributed by atoms with Crippen molar-refractivity contribution in [2.45, 2.75) is 45.1 Å². The second-order valence-electron chi connectivity index (χ2n) is 8.99. The lowest BCUT2D eigenvalue weighted by Gasteiger charge is -2.41. The number of fused-ring (bicyclic) bond motifs is 1. The summed E-state index contributed by atoms with van der Waals surface area (Å²) in [5.41, 5.74) is 0.750. The normalized spacial score (nSPS) is 20.7. The number of nitrogens with one attached hydrogen (secondary N) is 1. The van der Waals surface area contributed by atoms with Crippen LogP contribution < -0.4 is 10.2 Å². The summed E-state index contributed by atoms with van der Waals surface area (Å²) in [5, 5.41) is 17.2. The molecular formula is C19H31N7. The van der Waals surface area contributed by atoms with Crippen LogP contribution in [0.2, 0.25) is 0 Å². The van der Waals surface area contributed by atoms with E-state index in [1.807, 2.05) is 10.6 Å². The molecule has 2 aromatic heterocycles. The number of aromatic nitrogens is 4. The van der Waals surface area contributed by atoms with Crippen LogP contribution in [0.15, 0.2) is 12.1 Å². The average Bonchev–Trinajstić information content (AvgIpc) is 2.98. The van der Waals surface area contributed by atoms with Crippen molar-refractivity contribution in [3.63, 3.8) is 0 Å². The van der Waals surface area contributed by atoms with Crippen LogP contribution in [-0.2, 0) is 5.41 Å². The van der Waals surface area contributed by atoms with Gasteiger partial charge in [-0.1, -0.05) is 20.8 Å². The van der Waals surface area contributed by atoms with E-state index < -0.39 is 0 Å². The largest absolute Gasteiger partial charge is 0.354 e. The molecule has 142 valence electrons. The zero-order valence-corrected chi connectivity index (χ0v) is 16.4. The number of hydrogen-bond donors (Lipinski definition) is 1. The first kappa shape index (κ1) is 17.7. The molecule has 2 fully saturated rings. The fraction of sp³-hybridized carbons (Fsp3) is 0.737. The van der Waals surface area contributed by atoms with Crippen molar-refractivity contribution in [2.75, 3.05) is 44.7 Å². The van der Waals surface area contributed by atoms with Crippen LogP contribution >= 0.6 is 0 Å². The summed E-state index contributed by atoms with van der Waals surface area (Å²) < 4.78 is 1.90. The van der Waals surface area contributed by atoms with Crippen molar-refractivity contribution < 1.29 is 0 Å². The minimum absolute atomic E-state index is 0.0689. The lowest BCUT2D eigenvalue weighted by Crippen LogP contribution is -2.53. The highest BCUT2D eigenvalue weighted by molar-refractivity contribution is 5.47. The Labute approximate surface area is 155 Å². The summed E-state index contributed by atoms with van der Waals surface area (Å²) in [6.45, 7) is 12.1. The smallest absolute Gasteiger partial charge is 0.178 e. The van der Waals surface area contributed by atoms with Gasteiger partial charge >= 0.3 is 0 Å². The highest BCUT2D eigenvalue weighted by atomic mass is 15.4. The third-order valence-corrected chi connectivity index (χ3v) is 5.61. The van der Waals surface area contributed by atoms with Crippen molar-refractivity contribution in [2.24, 2.45) is 5.92 Å². The number of nitrogens with zero attached hydrogens (tertiary/aromatic N) is 6. The highest BCUT2D eigenvalue weighted by Gasteiger charge is 2.30. The van der Waals surface area contributed by atoms with Crippen LogP contribution in [0.25, 0.3) is 5.65 Å². The van der Waals surface area contributed by atoms with E-state index in [0.717, 1.165) is 42.8 Å². The number of anilines is 1. The van der Waals surface area contributed by atoms with Gasteiger partial charge in [-0.25, -0.2) is 0 Å². The monoisotopic (exact) mass is 357 g/mol. The maximum Gasteiger partial charge on any atom is 0.178 e. The van der Waals surface area contributed by atoms with E-state index in [1.54, 1.807) is 0 Å². The molecule has 0 saturated carbocycles. The second-order valence-corrected chi connectivity index (χ2v) is 8.99. The Kier molecular flexibility index (Phi) is 4.61. The van der Waals surface area contributed by atoms with Crippen molar-refractivity contribution in [3.05, 3.63) is 18.0 Å². The first-order valence-electron chi connectivity index (χ1n) is 9.80. The van der Waals surface area contributed by atoms with E-state index in [-0.39, 0.29) is 5.41 Å². The van der Waals surface area contributed by atoms with E-state index in [9.17, 15) is 0 Å². The molecule has 4 rings (SSSR count). The van der Waals surface area contributed by atoms with Crippen LogP contribution in [0.4, 0.5) is 5.82 Å². The molecule has 2 aromatic rings. The van der Waals surface area contributed by atoms with Gasteiger partial charge in [0.2, 0.25) is 0 Å². The van der Waals surface area contributed by atoms with E-state index in [2.05, 4.69) is 59.2 Å². The molecule has 0 amide bonds. The minimum atomic E-state index is -0.0689. The quantitative estimate of drug-likeness (QED) is 0.896. The van der Waals surface area contributed by atoms with Crippen LogP contribution in [0.5, 0.6) is 0 Å². The van der Waals surface area contributed by atoms with E-state index >= 15 is 0 Å². The summed E-state index contributed by atoms with van der Waals surface area (Å²) in [6, 6.07) is 4.78. The second kappa shape index (κ2) is 6.78. The summed E-state index contributed by atoms with van der Waals surface area (Å²) in [7, 11) is 2.21. The Hall–Kier alpha value is -1.73. The third-order valence-electron chi connectivity index (χ3n) is 5.61. The van der Waals surface area contributed by atoms with Gasteiger partial charge in [0.1, 0.15) is 5.82 Å². The van der Waals surface area contributed by atoms with Crippen LogP contribution in [-0.4, -0.2) is 70.5 Å². The summed E-state index contributed by atoms with van der Waals surface area (Å²) in [6.07, 6.45) is 2.54. The van der Waals surface area contributed by atoms with Gasteiger partial charge in [-0.3, -0.25) is 0 Å². The van der Waals surface area contributed by atoms with Gasteiger partial charge < -0.3 is 15.1 Å². The van der Waals surface area contributed by atoms with E-state index in [0.29, 0.717) is 6.04 Å². The van der Waals surface area contributed by atoms with E-state index in [1.165, 1.54) is 25.9 Å². The van der Waals surface area contributed by atoms with Crippen LogP contribution in [0.3, 0.4) is 0 Å². The number of likely N-dealkylation sites (tertiary alicyclic amines) is 1. The molecule has 2 aliphatic heterocycles. The van der Waals surface area contributed by atoms with Gasteiger partial charge in [-0.2, -0.15) is 4.52 Å². The first-order valence-corrected chi connectivity index (χ1v) is 9.80. The van der Waals surface area contributed by atoms with E-state index in [4.69, 9.17) is 5.10 Å². The fourth-order valence-corrected chi connectivity index (χ4v) is 3.85. The lowest BCUT2D eigenvalue weighted by atomic mass is 9.96. The molecule has 4 heterocycles. The SMILES string of the molecule is CN1CCC(NCC2CN(c3ccc4nnc(C(C)(C)C)n4n3)C2)CC1. The van der Waals surface area contributed by atoms with Crippen molar-refractivity contribution in [1.82, 2.24) is 30.0 Å².